The van der Waals surface area contributed by atoms with Crippen molar-refractivity contribution in [3.8, 4) is 0 Å². The van der Waals surface area contributed by atoms with Gasteiger partial charge in [0.1, 0.15) is 11.2 Å². The Bertz CT molecular complexity index is 458. The van der Waals surface area contributed by atoms with E-state index < -0.39 is 17.3 Å². The lowest BCUT2D eigenvalue weighted by Crippen LogP contribution is -2.38. The van der Waals surface area contributed by atoms with Crippen LogP contribution < -0.4 is 0 Å². The minimum atomic E-state index is -1.18. The van der Waals surface area contributed by atoms with Crippen molar-refractivity contribution in [2.24, 2.45) is 0 Å². The number of aliphatic hydroxyl groups is 1. The maximum absolute atomic E-state index is 11.9. The summed E-state index contributed by atoms with van der Waals surface area (Å²) in [6.45, 7) is 6.03. The molecule has 1 aliphatic heterocycles. The Hall–Kier alpha value is -1.69. The van der Waals surface area contributed by atoms with E-state index in [-0.39, 0.29) is 6.54 Å². The summed E-state index contributed by atoms with van der Waals surface area (Å²) in [6, 6.07) is 1.69. The molecule has 1 amide bonds. The molecule has 0 aliphatic carbocycles. The number of ether oxygens (including phenoxy) is 1. The lowest BCUT2D eigenvalue weighted by atomic mass is 10.0. The van der Waals surface area contributed by atoms with Gasteiger partial charge in [0.2, 0.25) is 0 Å². The van der Waals surface area contributed by atoms with Crippen molar-refractivity contribution < 1.29 is 14.6 Å². The Labute approximate surface area is 112 Å². The fourth-order valence-corrected chi connectivity index (χ4v) is 2.00. The quantitative estimate of drug-likeness (QED) is 0.828. The number of amides is 1. The second-order valence-corrected chi connectivity index (χ2v) is 5.76. The molecule has 104 valence electrons. The highest BCUT2D eigenvalue weighted by Gasteiger charge is 2.43. The van der Waals surface area contributed by atoms with Gasteiger partial charge in [-0.1, -0.05) is 0 Å². The number of aromatic nitrogens is 2. The second kappa shape index (κ2) is 4.77. The number of carbonyl (C=O) groups excluding carboxylic acids is 1. The summed E-state index contributed by atoms with van der Waals surface area (Å²) >= 11 is 0. The van der Waals surface area contributed by atoms with Crippen LogP contribution in [-0.2, 0) is 10.3 Å². The number of hydrogen-bond donors (Lipinski definition) is 1. The molecule has 2 heterocycles. The zero-order valence-electron chi connectivity index (χ0n) is 11.5. The first kappa shape index (κ1) is 13.7. The average molecular weight is 265 g/mol. The van der Waals surface area contributed by atoms with Gasteiger partial charge in [0, 0.05) is 25.4 Å². The van der Waals surface area contributed by atoms with E-state index in [1.165, 1.54) is 4.90 Å². The van der Waals surface area contributed by atoms with Gasteiger partial charge in [-0.15, -0.1) is 0 Å². The monoisotopic (exact) mass is 265 g/mol. The average Bonchev–Trinajstić information content (AvgIpc) is 2.73. The van der Waals surface area contributed by atoms with Gasteiger partial charge in [0.25, 0.3) is 0 Å². The standard InChI is InChI=1S/C13H19N3O3/c1-12(2,3)19-11(17)16-8-5-13(18,9-16)10-14-6-4-7-15-10/h4,6-7,18H,5,8-9H2,1-3H3. The highest BCUT2D eigenvalue weighted by molar-refractivity contribution is 5.68. The first-order chi connectivity index (χ1) is 8.80. The normalized spacial score (nSPS) is 23.5. The zero-order chi connectivity index (χ0) is 14.1. The van der Waals surface area contributed by atoms with Gasteiger partial charge in [-0.3, -0.25) is 0 Å². The number of rotatable bonds is 1. The third-order valence-electron chi connectivity index (χ3n) is 2.88. The van der Waals surface area contributed by atoms with Crippen molar-refractivity contribution in [1.82, 2.24) is 14.9 Å². The molecule has 0 spiro atoms. The van der Waals surface area contributed by atoms with Crippen LogP contribution in [0.2, 0.25) is 0 Å². The molecular formula is C13H19N3O3. The summed E-state index contributed by atoms with van der Waals surface area (Å²) < 4.78 is 5.29. The number of carbonyl (C=O) groups is 1. The van der Waals surface area contributed by atoms with Crippen molar-refractivity contribution >= 4 is 6.09 Å². The van der Waals surface area contributed by atoms with Crippen molar-refractivity contribution in [2.45, 2.75) is 38.4 Å². The van der Waals surface area contributed by atoms with Gasteiger partial charge in [-0.05, 0) is 26.8 Å². The van der Waals surface area contributed by atoms with Gasteiger partial charge in [0.15, 0.2) is 5.82 Å². The van der Waals surface area contributed by atoms with Crippen LogP contribution in [0.25, 0.3) is 0 Å². The molecule has 1 saturated heterocycles. The van der Waals surface area contributed by atoms with Crippen LogP contribution >= 0.6 is 0 Å². The molecule has 6 heteroatoms. The SMILES string of the molecule is CC(C)(C)OC(=O)N1CCC(O)(c2ncccn2)C1. The first-order valence-corrected chi connectivity index (χ1v) is 6.28. The van der Waals surface area contributed by atoms with Crippen molar-refractivity contribution in [3.05, 3.63) is 24.3 Å². The first-order valence-electron chi connectivity index (χ1n) is 6.28. The van der Waals surface area contributed by atoms with Crippen molar-refractivity contribution in [1.29, 1.82) is 0 Å². The molecule has 6 nitrogen and oxygen atoms in total. The topological polar surface area (TPSA) is 75.5 Å². The van der Waals surface area contributed by atoms with E-state index in [1.807, 2.05) is 20.8 Å². The Morgan fingerprint density at radius 1 is 1.42 bits per heavy atom. The molecule has 1 aromatic rings. The predicted octanol–water partition coefficient (Wildman–Crippen LogP) is 1.30. The van der Waals surface area contributed by atoms with Gasteiger partial charge in [-0.2, -0.15) is 0 Å². The smallest absolute Gasteiger partial charge is 0.410 e. The van der Waals surface area contributed by atoms with E-state index in [0.29, 0.717) is 18.8 Å². The third-order valence-corrected chi connectivity index (χ3v) is 2.88. The highest BCUT2D eigenvalue weighted by atomic mass is 16.6. The van der Waals surface area contributed by atoms with E-state index in [0.717, 1.165) is 0 Å². The number of likely N-dealkylation sites (tertiary alicyclic amines) is 1. The molecule has 0 aromatic carbocycles. The van der Waals surface area contributed by atoms with Gasteiger partial charge in [0.05, 0.1) is 6.54 Å². The van der Waals surface area contributed by atoms with Crippen LogP contribution in [0.3, 0.4) is 0 Å². The molecule has 1 aliphatic rings. The molecule has 1 aromatic heterocycles. The largest absolute Gasteiger partial charge is 0.444 e. The minimum Gasteiger partial charge on any atom is -0.444 e. The van der Waals surface area contributed by atoms with Crippen LogP contribution in [0, 0.1) is 0 Å². The summed E-state index contributed by atoms with van der Waals surface area (Å²) in [7, 11) is 0. The molecule has 0 radical (unpaired) electrons. The molecule has 0 bridgehead atoms. The van der Waals surface area contributed by atoms with Gasteiger partial charge in [-0.25, -0.2) is 14.8 Å². The van der Waals surface area contributed by atoms with Crippen LogP contribution in [0.5, 0.6) is 0 Å². The molecule has 0 saturated carbocycles. The molecule has 2 rings (SSSR count). The maximum atomic E-state index is 11.9. The summed E-state index contributed by atoms with van der Waals surface area (Å²) in [6.07, 6.45) is 3.16. The fraction of sp³-hybridized carbons (Fsp3) is 0.615. The summed E-state index contributed by atoms with van der Waals surface area (Å²) in [5, 5.41) is 10.5. The molecule has 1 fully saturated rings. The fourth-order valence-electron chi connectivity index (χ4n) is 2.00. The molecule has 1 N–H and O–H groups in total. The Balaban J connectivity index is 2.06. The molecule has 19 heavy (non-hydrogen) atoms. The van der Waals surface area contributed by atoms with E-state index in [4.69, 9.17) is 4.74 Å². The summed E-state index contributed by atoms with van der Waals surface area (Å²) in [4.78, 5) is 21.5. The lowest BCUT2D eigenvalue weighted by Gasteiger charge is -2.25. The van der Waals surface area contributed by atoms with E-state index in [9.17, 15) is 9.90 Å². The Morgan fingerprint density at radius 2 is 2.05 bits per heavy atom. The predicted molar refractivity (Wildman–Crippen MR) is 68.4 cm³/mol. The van der Waals surface area contributed by atoms with Crippen molar-refractivity contribution in [2.75, 3.05) is 13.1 Å². The lowest BCUT2D eigenvalue weighted by molar-refractivity contribution is 0.0110. The van der Waals surface area contributed by atoms with Crippen LogP contribution in [0.1, 0.15) is 33.0 Å². The number of hydrogen-bond acceptors (Lipinski definition) is 5. The van der Waals surface area contributed by atoms with E-state index in [1.54, 1.807) is 18.5 Å². The Morgan fingerprint density at radius 3 is 2.63 bits per heavy atom. The number of nitrogens with zero attached hydrogens (tertiary/aromatic N) is 3. The van der Waals surface area contributed by atoms with Gasteiger partial charge < -0.3 is 14.7 Å². The maximum Gasteiger partial charge on any atom is 0.410 e. The van der Waals surface area contributed by atoms with Crippen LogP contribution in [0.15, 0.2) is 18.5 Å². The number of β-amino-alcohol motifs (C(OH)–C–C–N with tert-alkyl or cyclic N) is 1. The van der Waals surface area contributed by atoms with Crippen LogP contribution in [0.4, 0.5) is 4.79 Å². The third kappa shape index (κ3) is 3.20. The molecule has 1 atom stereocenters. The van der Waals surface area contributed by atoms with Crippen LogP contribution in [-0.4, -0.2) is 44.8 Å². The molecular weight excluding hydrogens is 246 g/mol. The zero-order valence-corrected chi connectivity index (χ0v) is 11.5. The van der Waals surface area contributed by atoms with Crippen molar-refractivity contribution in [3.63, 3.8) is 0 Å². The van der Waals surface area contributed by atoms with E-state index in [2.05, 4.69) is 9.97 Å². The summed E-state index contributed by atoms with van der Waals surface area (Å²) in [5.41, 5.74) is -1.72. The highest BCUT2D eigenvalue weighted by Crippen LogP contribution is 2.30. The minimum absolute atomic E-state index is 0.159. The van der Waals surface area contributed by atoms with Gasteiger partial charge >= 0.3 is 6.09 Å². The summed E-state index contributed by atoms with van der Waals surface area (Å²) in [5.74, 6) is 0.348. The van der Waals surface area contributed by atoms with E-state index >= 15 is 0 Å². The molecule has 1 unspecified atom stereocenters. The Kier molecular flexibility index (Phi) is 3.45. The second-order valence-electron chi connectivity index (χ2n) is 5.76.